The van der Waals surface area contributed by atoms with E-state index in [1.807, 2.05) is 0 Å². The Kier molecular flexibility index (Phi) is 7.01. The minimum Gasteiger partial charge on any atom is -0.377 e. The zero-order chi connectivity index (χ0) is 11.8. The van der Waals surface area contributed by atoms with Gasteiger partial charge in [-0.1, -0.05) is 20.3 Å². The van der Waals surface area contributed by atoms with E-state index in [1.54, 1.807) is 0 Å². The number of nitrogens with one attached hydrogen (secondary N) is 1. The van der Waals surface area contributed by atoms with Crippen molar-refractivity contribution in [3.05, 3.63) is 0 Å². The van der Waals surface area contributed by atoms with E-state index in [-0.39, 0.29) is 0 Å². The van der Waals surface area contributed by atoms with Crippen molar-refractivity contribution in [2.75, 3.05) is 39.8 Å². The second-order valence-electron chi connectivity index (χ2n) is 5.10. The number of hydrogen-bond acceptors (Lipinski definition) is 3. The van der Waals surface area contributed by atoms with Gasteiger partial charge in [-0.25, -0.2) is 0 Å². The summed E-state index contributed by atoms with van der Waals surface area (Å²) < 4.78 is 5.89. The summed E-state index contributed by atoms with van der Waals surface area (Å²) in [7, 11) is 2.19. The van der Waals surface area contributed by atoms with Gasteiger partial charge < -0.3 is 15.0 Å². The molecule has 1 aliphatic heterocycles. The van der Waals surface area contributed by atoms with Crippen LogP contribution in [0.25, 0.3) is 0 Å². The second-order valence-corrected chi connectivity index (χ2v) is 5.10. The van der Waals surface area contributed by atoms with E-state index in [0.29, 0.717) is 6.10 Å². The Morgan fingerprint density at radius 2 is 2.06 bits per heavy atom. The highest BCUT2D eigenvalue weighted by molar-refractivity contribution is 4.68. The van der Waals surface area contributed by atoms with Crippen molar-refractivity contribution in [1.82, 2.24) is 10.2 Å². The van der Waals surface area contributed by atoms with Crippen LogP contribution < -0.4 is 5.32 Å². The molecular weight excluding hydrogens is 200 g/mol. The maximum atomic E-state index is 5.89. The standard InChI is InChI=1S/C13H28N2O/c1-4-12(2)11-15(3)9-10-16-13-5-7-14-8-6-13/h12-14H,4-11H2,1-3H3. The molecule has 3 nitrogen and oxygen atoms in total. The highest BCUT2D eigenvalue weighted by Gasteiger charge is 2.13. The van der Waals surface area contributed by atoms with Crippen molar-refractivity contribution in [3.63, 3.8) is 0 Å². The highest BCUT2D eigenvalue weighted by atomic mass is 16.5. The minimum atomic E-state index is 0.498. The van der Waals surface area contributed by atoms with E-state index < -0.39 is 0 Å². The number of piperidine rings is 1. The molecule has 1 N–H and O–H groups in total. The van der Waals surface area contributed by atoms with Gasteiger partial charge in [0.15, 0.2) is 0 Å². The Bertz CT molecular complexity index is 169. The molecule has 1 heterocycles. The molecule has 0 radical (unpaired) electrons. The molecule has 0 spiro atoms. The lowest BCUT2D eigenvalue weighted by Gasteiger charge is -2.25. The Balaban J connectivity index is 2.00. The van der Waals surface area contributed by atoms with Gasteiger partial charge in [-0.2, -0.15) is 0 Å². The van der Waals surface area contributed by atoms with Crippen LogP contribution in [0.1, 0.15) is 33.1 Å². The van der Waals surface area contributed by atoms with Crippen molar-refractivity contribution < 1.29 is 4.74 Å². The predicted molar refractivity (Wildman–Crippen MR) is 68.8 cm³/mol. The van der Waals surface area contributed by atoms with Crippen LogP contribution in [0.15, 0.2) is 0 Å². The third-order valence-electron chi connectivity index (χ3n) is 3.43. The maximum absolute atomic E-state index is 5.89. The molecule has 16 heavy (non-hydrogen) atoms. The second kappa shape index (κ2) is 8.04. The minimum absolute atomic E-state index is 0.498. The first-order valence-electron chi connectivity index (χ1n) is 6.73. The third kappa shape index (κ3) is 5.83. The lowest BCUT2D eigenvalue weighted by atomic mass is 10.1. The van der Waals surface area contributed by atoms with E-state index in [0.717, 1.165) is 32.2 Å². The third-order valence-corrected chi connectivity index (χ3v) is 3.43. The summed E-state index contributed by atoms with van der Waals surface area (Å²) in [6.07, 6.45) is 4.11. The Hall–Kier alpha value is -0.120. The predicted octanol–water partition coefficient (Wildman–Crippen LogP) is 1.73. The van der Waals surface area contributed by atoms with Crippen LogP contribution in [0.2, 0.25) is 0 Å². The molecule has 0 amide bonds. The molecule has 0 saturated carbocycles. The van der Waals surface area contributed by atoms with Gasteiger partial charge >= 0.3 is 0 Å². The van der Waals surface area contributed by atoms with Gasteiger partial charge in [0.2, 0.25) is 0 Å². The van der Waals surface area contributed by atoms with E-state index >= 15 is 0 Å². The SMILES string of the molecule is CCC(C)CN(C)CCOC1CCNCC1. The van der Waals surface area contributed by atoms with Crippen LogP contribution in [-0.4, -0.2) is 50.8 Å². The molecule has 0 bridgehead atoms. The monoisotopic (exact) mass is 228 g/mol. The zero-order valence-corrected chi connectivity index (χ0v) is 11.2. The Morgan fingerprint density at radius 3 is 2.69 bits per heavy atom. The fourth-order valence-electron chi connectivity index (χ4n) is 2.09. The molecule has 0 aromatic heterocycles. The summed E-state index contributed by atoms with van der Waals surface area (Å²) in [5, 5.41) is 3.36. The summed E-state index contributed by atoms with van der Waals surface area (Å²) in [5.74, 6) is 0.795. The van der Waals surface area contributed by atoms with Crippen molar-refractivity contribution >= 4 is 0 Å². The average molecular weight is 228 g/mol. The maximum Gasteiger partial charge on any atom is 0.0600 e. The Labute approximate surface area is 101 Å². The summed E-state index contributed by atoms with van der Waals surface area (Å²) in [6, 6.07) is 0. The molecule has 96 valence electrons. The van der Waals surface area contributed by atoms with Crippen molar-refractivity contribution in [2.24, 2.45) is 5.92 Å². The van der Waals surface area contributed by atoms with Crippen LogP contribution in [0, 0.1) is 5.92 Å². The molecular formula is C13H28N2O. The first-order chi connectivity index (χ1) is 7.72. The van der Waals surface area contributed by atoms with Crippen molar-refractivity contribution in [2.45, 2.75) is 39.2 Å². The smallest absolute Gasteiger partial charge is 0.0600 e. The molecule has 0 aliphatic carbocycles. The highest BCUT2D eigenvalue weighted by Crippen LogP contribution is 2.07. The van der Waals surface area contributed by atoms with E-state index in [2.05, 4.69) is 31.1 Å². The van der Waals surface area contributed by atoms with Gasteiger partial charge in [0, 0.05) is 13.1 Å². The fraction of sp³-hybridized carbons (Fsp3) is 1.00. The lowest BCUT2D eigenvalue weighted by molar-refractivity contribution is 0.0218. The lowest BCUT2D eigenvalue weighted by Crippen LogP contribution is -2.34. The zero-order valence-electron chi connectivity index (χ0n) is 11.2. The number of likely N-dealkylation sites (N-methyl/N-ethyl adjacent to an activating group) is 1. The molecule has 0 aromatic carbocycles. The summed E-state index contributed by atoms with van der Waals surface area (Å²) >= 11 is 0. The summed E-state index contributed by atoms with van der Waals surface area (Å²) in [5.41, 5.74) is 0. The van der Waals surface area contributed by atoms with Gasteiger partial charge in [0.25, 0.3) is 0 Å². The van der Waals surface area contributed by atoms with Crippen LogP contribution in [0.3, 0.4) is 0 Å². The van der Waals surface area contributed by atoms with Gasteiger partial charge in [-0.3, -0.25) is 0 Å². The largest absolute Gasteiger partial charge is 0.377 e. The number of rotatable bonds is 7. The molecule has 1 rings (SSSR count). The molecule has 0 aromatic rings. The molecule has 1 unspecified atom stereocenters. The van der Waals surface area contributed by atoms with Crippen LogP contribution in [0.4, 0.5) is 0 Å². The van der Waals surface area contributed by atoms with Crippen LogP contribution in [0.5, 0.6) is 0 Å². The van der Waals surface area contributed by atoms with Gasteiger partial charge in [-0.05, 0) is 38.9 Å². The number of ether oxygens (including phenoxy) is 1. The van der Waals surface area contributed by atoms with Gasteiger partial charge in [0.05, 0.1) is 12.7 Å². The van der Waals surface area contributed by atoms with Crippen LogP contribution >= 0.6 is 0 Å². The molecule has 1 fully saturated rings. The molecule has 1 saturated heterocycles. The Morgan fingerprint density at radius 1 is 1.38 bits per heavy atom. The van der Waals surface area contributed by atoms with Crippen LogP contribution in [-0.2, 0) is 4.74 Å². The topological polar surface area (TPSA) is 24.5 Å². The first kappa shape index (κ1) is 13.9. The van der Waals surface area contributed by atoms with E-state index in [4.69, 9.17) is 4.74 Å². The number of nitrogens with zero attached hydrogens (tertiary/aromatic N) is 1. The normalized spacial score (nSPS) is 20.2. The molecule has 3 heteroatoms. The first-order valence-corrected chi connectivity index (χ1v) is 6.73. The summed E-state index contributed by atoms with van der Waals surface area (Å²) in [6.45, 7) is 9.94. The van der Waals surface area contributed by atoms with Crippen molar-refractivity contribution in [1.29, 1.82) is 0 Å². The van der Waals surface area contributed by atoms with Crippen molar-refractivity contribution in [3.8, 4) is 0 Å². The molecule has 1 aliphatic rings. The van der Waals surface area contributed by atoms with E-state index in [9.17, 15) is 0 Å². The van der Waals surface area contributed by atoms with Gasteiger partial charge in [-0.15, -0.1) is 0 Å². The van der Waals surface area contributed by atoms with E-state index in [1.165, 1.54) is 25.8 Å². The van der Waals surface area contributed by atoms with Gasteiger partial charge in [0.1, 0.15) is 0 Å². The fourth-order valence-corrected chi connectivity index (χ4v) is 2.09. The quantitative estimate of drug-likeness (QED) is 0.718. The molecule has 1 atom stereocenters. The average Bonchev–Trinajstić information content (AvgIpc) is 2.30. The summed E-state index contributed by atoms with van der Waals surface area (Å²) in [4.78, 5) is 2.38. The number of hydrogen-bond donors (Lipinski definition) is 1.